The molecule has 0 fully saturated rings. The molecule has 0 aliphatic rings. The van der Waals surface area contributed by atoms with Crippen molar-refractivity contribution < 1.29 is 34.2 Å². The van der Waals surface area contributed by atoms with Gasteiger partial charge in [0, 0.05) is 13.0 Å². The van der Waals surface area contributed by atoms with Gasteiger partial charge in [0.2, 0.25) is 23.6 Å². The number of carbonyl (C=O) groups is 5. The number of carbonyl (C=O) groups excluding carboxylic acids is 4. The number of aliphatic imine (C=N–C) groups is 1. The predicted molar refractivity (Wildman–Crippen MR) is 134 cm³/mol. The minimum Gasteiger partial charge on any atom is -0.480 e. The Morgan fingerprint density at radius 1 is 0.889 bits per heavy atom. The fourth-order valence-corrected chi connectivity index (χ4v) is 3.32. The lowest BCUT2D eigenvalue weighted by Crippen LogP contribution is -2.58. The standard InChI is InChI=1S/C20H38N8O7S/c1-10(29)15(22)18(33)27-11(5-6-14(21)30)16(31)26-12(7-9-36-2)17(32)28-13(19(34)35)4-3-8-25-20(23)24/h10-13,15,29H,3-9,22H2,1-2H3,(H2,21,30)(H,26,31)(H,27,33)(H,28,32)(H,34,35)(H4,23,24,25). The molecule has 0 bridgehead atoms. The lowest BCUT2D eigenvalue weighted by molar-refractivity contribution is -0.142. The highest BCUT2D eigenvalue weighted by Gasteiger charge is 2.31. The molecule has 4 amide bonds. The summed E-state index contributed by atoms with van der Waals surface area (Å²) in [4.78, 5) is 64.7. The number of guanidine groups is 1. The third kappa shape index (κ3) is 13.7. The number of nitrogens with zero attached hydrogens (tertiary/aromatic N) is 1. The van der Waals surface area contributed by atoms with Gasteiger partial charge < -0.3 is 49.1 Å². The zero-order chi connectivity index (χ0) is 27.8. The summed E-state index contributed by atoms with van der Waals surface area (Å²) in [6.07, 6.45) is 0.623. The maximum Gasteiger partial charge on any atom is 0.326 e. The Bertz CT molecular complexity index is 792. The Kier molecular flexibility index (Phi) is 15.8. The quantitative estimate of drug-likeness (QED) is 0.0468. The molecule has 0 heterocycles. The van der Waals surface area contributed by atoms with Gasteiger partial charge in [0.15, 0.2) is 5.96 Å². The van der Waals surface area contributed by atoms with Crippen LogP contribution in [0.15, 0.2) is 4.99 Å². The number of hydrogen-bond donors (Lipinski definition) is 9. The largest absolute Gasteiger partial charge is 0.480 e. The topological polar surface area (TPSA) is 278 Å². The maximum atomic E-state index is 12.9. The first-order chi connectivity index (χ1) is 16.8. The number of hydrogen-bond acceptors (Lipinski definition) is 9. The van der Waals surface area contributed by atoms with Gasteiger partial charge in [0.05, 0.1) is 6.10 Å². The fourth-order valence-electron chi connectivity index (χ4n) is 2.85. The molecule has 5 unspecified atom stereocenters. The molecule has 0 rings (SSSR count). The Balaban J connectivity index is 5.49. The lowest BCUT2D eigenvalue weighted by atomic mass is 10.1. The number of nitrogens with two attached hydrogens (primary N) is 4. The van der Waals surface area contributed by atoms with Crippen molar-refractivity contribution in [2.45, 2.75) is 69.3 Å². The van der Waals surface area contributed by atoms with Crippen molar-refractivity contribution in [3.8, 4) is 0 Å². The van der Waals surface area contributed by atoms with E-state index in [2.05, 4.69) is 20.9 Å². The van der Waals surface area contributed by atoms with E-state index in [0.29, 0.717) is 5.75 Å². The second kappa shape index (κ2) is 17.3. The molecule has 0 aromatic heterocycles. The van der Waals surface area contributed by atoms with E-state index in [0.717, 1.165) is 0 Å². The summed E-state index contributed by atoms with van der Waals surface area (Å²) in [5.74, 6) is -4.07. The summed E-state index contributed by atoms with van der Waals surface area (Å²) in [6, 6.07) is -5.01. The summed E-state index contributed by atoms with van der Waals surface area (Å²) in [5.41, 5.74) is 21.2. The number of amides is 4. The summed E-state index contributed by atoms with van der Waals surface area (Å²) >= 11 is 1.40. The van der Waals surface area contributed by atoms with E-state index in [9.17, 15) is 34.2 Å². The second-order valence-corrected chi connectivity index (χ2v) is 9.01. The van der Waals surface area contributed by atoms with Crippen LogP contribution in [-0.2, 0) is 24.0 Å². The number of aliphatic hydroxyl groups is 1. The molecule has 0 radical (unpaired) electrons. The van der Waals surface area contributed by atoms with E-state index >= 15 is 0 Å². The van der Waals surface area contributed by atoms with E-state index in [1.165, 1.54) is 18.7 Å². The fraction of sp³-hybridized carbons (Fsp3) is 0.700. The molecule has 0 aliphatic carbocycles. The van der Waals surface area contributed by atoms with Crippen LogP contribution in [-0.4, -0.2) is 94.6 Å². The third-order valence-electron chi connectivity index (χ3n) is 4.94. The first-order valence-corrected chi connectivity index (χ1v) is 12.6. The van der Waals surface area contributed by atoms with Crippen LogP contribution in [0.5, 0.6) is 0 Å². The molecular formula is C20H38N8O7S. The lowest BCUT2D eigenvalue weighted by Gasteiger charge is -2.25. The molecule has 15 nitrogen and oxygen atoms in total. The monoisotopic (exact) mass is 534 g/mol. The van der Waals surface area contributed by atoms with Crippen LogP contribution in [0.2, 0.25) is 0 Å². The Morgan fingerprint density at radius 2 is 1.42 bits per heavy atom. The van der Waals surface area contributed by atoms with Gasteiger partial charge in [-0.05, 0) is 44.6 Å². The highest BCUT2D eigenvalue weighted by molar-refractivity contribution is 7.98. The van der Waals surface area contributed by atoms with Crippen LogP contribution in [0.4, 0.5) is 0 Å². The number of carboxylic acids is 1. The van der Waals surface area contributed by atoms with Gasteiger partial charge in [0.25, 0.3) is 0 Å². The van der Waals surface area contributed by atoms with E-state index in [1.54, 1.807) is 6.26 Å². The van der Waals surface area contributed by atoms with Crippen LogP contribution in [0, 0.1) is 0 Å². The number of primary amides is 1. The molecule has 206 valence electrons. The van der Waals surface area contributed by atoms with Gasteiger partial charge in [-0.25, -0.2) is 4.79 Å². The van der Waals surface area contributed by atoms with Gasteiger partial charge in [-0.2, -0.15) is 11.8 Å². The van der Waals surface area contributed by atoms with E-state index < -0.39 is 59.9 Å². The number of rotatable bonds is 18. The molecule has 0 aromatic rings. The van der Waals surface area contributed by atoms with Crippen molar-refractivity contribution in [3.63, 3.8) is 0 Å². The third-order valence-corrected chi connectivity index (χ3v) is 5.58. The van der Waals surface area contributed by atoms with Crippen LogP contribution in [0.1, 0.15) is 39.0 Å². The van der Waals surface area contributed by atoms with Crippen LogP contribution < -0.4 is 38.9 Å². The van der Waals surface area contributed by atoms with Crippen LogP contribution >= 0.6 is 11.8 Å². The molecule has 16 heteroatoms. The highest BCUT2D eigenvalue weighted by Crippen LogP contribution is 2.07. The predicted octanol–water partition coefficient (Wildman–Crippen LogP) is -3.69. The number of thioether (sulfide) groups is 1. The van der Waals surface area contributed by atoms with Gasteiger partial charge in [0.1, 0.15) is 24.2 Å². The Hall–Kier alpha value is -3.11. The van der Waals surface area contributed by atoms with Gasteiger partial charge in [-0.1, -0.05) is 0 Å². The van der Waals surface area contributed by atoms with E-state index in [4.69, 9.17) is 22.9 Å². The molecule has 36 heavy (non-hydrogen) atoms. The van der Waals surface area contributed by atoms with Crippen LogP contribution in [0.25, 0.3) is 0 Å². The molecule has 0 saturated carbocycles. The zero-order valence-corrected chi connectivity index (χ0v) is 21.3. The summed E-state index contributed by atoms with van der Waals surface area (Å²) in [7, 11) is 0. The Labute approximate surface area is 213 Å². The summed E-state index contributed by atoms with van der Waals surface area (Å²) < 4.78 is 0. The van der Waals surface area contributed by atoms with Gasteiger partial charge >= 0.3 is 5.97 Å². The molecular weight excluding hydrogens is 496 g/mol. The summed E-state index contributed by atoms with van der Waals surface area (Å²) in [6.45, 7) is 1.46. The molecule has 5 atom stereocenters. The zero-order valence-electron chi connectivity index (χ0n) is 20.4. The van der Waals surface area contributed by atoms with Crippen molar-refractivity contribution in [2.75, 3.05) is 18.6 Å². The number of aliphatic carboxylic acids is 1. The highest BCUT2D eigenvalue weighted by atomic mass is 32.2. The number of aliphatic hydroxyl groups excluding tert-OH is 1. The van der Waals surface area contributed by atoms with Crippen LogP contribution in [0.3, 0.4) is 0 Å². The van der Waals surface area contributed by atoms with E-state index in [-0.39, 0.29) is 44.6 Å². The van der Waals surface area contributed by atoms with Crippen molar-refractivity contribution in [1.29, 1.82) is 0 Å². The summed E-state index contributed by atoms with van der Waals surface area (Å²) in [5, 5.41) is 26.2. The molecule has 0 saturated heterocycles. The number of nitrogens with one attached hydrogen (secondary N) is 3. The van der Waals surface area contributed by atoms with Gasteiger partial charge in [-0.3, -0.25) is 24.2 Å². The maximum absolute atomic E-state index is 12.9. The van der Waals surface area contributed by atoms with Gasteiger partial charge in [-0.15, -0.1) is 0 Å². The Morgan fingerprint density at radius 3 is 1.89 bits per heavy atom. The SMILES string of the molecule is CSCCC(NC(=O)C(CCC(N)=O)NC(=O)C(N)C(C)O)C(=O)NC(CCCN=C(N)N)C(=O)O. The smallest absolute Gasteiger partial charge is 0.326 e. The van der Waals surface area contributed by atoms with Crippen molar-refractivity contribution in [1.82, 2.24) is 16.0 Å². The molecule has 0 spiro atoms. The second-order valence-electron chi connectivity index (χ2n) is 8.02. The average Bonchev–Trinajstić information content (AvgIpc) is 2.79. The number of carboxylic acid groups (broad SMARTS) is 1. The molecule has 0 aromatic carbocycles. The first kappa shape index (κ1) is 32.9. The van der Waals surface area contributed by atoms with Crippen molar-refractivity contribution in [2.24, 2.45) is 27.9 Å². The minimum atomic E-state index is -1.33. The van der Waals surface area contributed by atoms with Crippen molar-refractivity contribution >= 4 is 47.3 Å². The average molecular weight is 535 g/mol. The minimum absolute atomic E-state index is 0.0373. The molecule has 0 aliphatic heterocycles. The van der Waals surface area contributed by atoms with Crippen molar-refractivity contribution in [3.05, 3.63) is 0 Å². The normalized spacial score (nSPS) is 14.9. The van der Waals surface area contributed by atoms with E-state index in [1.807, 2.05) is 0 Å². The molecule has 13 N–H and O–H groups in total. The first-order valence-electron chi connectivity index (χ1n) is 11.2.